The van der Waals surface area contributed by atoms with Crippen molar-refractivity contribution < 1.29 is 9.53 Å². The number of rotatable bonds is 5. The molecule has 0 spiro atoms. The summed E-state index contributed by atoms with van der Waals surface area (Å²) in [5.74, 6) is 0.777. The summed E-state index contributed by atoms with van der Waals surface area (Å²) in [5, 5.41) is 3.09. The van der Waals surface area contributed by atoms with Gasteiger partial charge in [0.25, 0.3) is 5.91 Å². The van der Waals surface area contributed by atoms with E-state index in [1.165, 1.54) is 12.8 Å². The standard InChI is InChI=1S/C15H21NO2/c1-2-14(18-13-10-4-3-5-11-13)15(17)16-12-8-6-7-9-12/h3-5,10-12,14H,2,6-9H2,1H3,(H,16,17)/t14-/m1/s1. The molecular formula is C15H21NO2. The molecule has 98 valence electrons. The lowest BCUT2D eigenvalue weighted by atomic mass is 10.2. The van der Waals surface area contributed by atoms with Crippen molar-refractivity contribution in [3.05, 3.63) is 30.3 Å². The van der Waals surface area contributed by atoms with Crippen LogP contribution in [0.5, 0.6) is 5.75 Å². The van der Waals surface area contributed by atoms with Crippen LogP contribution in [0.1, 0.15) is 39.0 Å². The summed E-state index contributed by atoms with van der Waals surface area (Å²) in [7, 11) is 0. The summed E-state index contributed by atoms with van der Waals surface area (Å²) in [5.41, 5.74) is 0. The van der Waals surface area contributed by atoms with Gasteiger partial charge in [0.2, 0.25) is 0 Å². The lowest BCUT2D eigenvalue weighted by molar-refractivity contribution is -0.128. The Hall–Kier alpha value is -1.51. The third-order valence-electron chi connectivity index (χ3n) is 3.39. The number of nitrogens with one attached hydrogen (secondary N) is 1. The van der Waals surface area contributed by atoms with Gasteiger partial charge in [-0.15, -0.1) is 0 Å². The minimum atomic E-state index is -0.381. The normalized spacial score (nSPS) is 17.4. The third kappa shape index (κ3) is 3.49. The lowest BCUT2D eigenvalue weighted by Crippen LogP contribution is -2.42. The number of ether oxygens (including phenoxy) is 1. The van der Waals surface area contributed by atoms with E-state index in [1.807, 2.05) is 37.3 Å². The van der Waals surface area contributed by atoms with Gasteiger partial charge in [0.05, 0.1) is 0 Å². The van der Waals surface area contributed by atoms with Gasteiger partial charge < -0.3 is 10.1 Å². The van der Waals surface area contributed by atoms with Gasteiger partial charge >= 0.3 is 0 Å². The number of hydrogen-bond acceptors (Lipinski definition) is 2. The molecule has 1 aliphatic rings. The van der Waals surface area contributed by atoms with Crippen LogP contribution in [-0.4, -0.2) is 18.1 Å². The molecule has 1 atom stereocenters. The Morgan fingerprint density at radius 1 is 1.33 bits per heavy atom. The average Bonchev–Trinajstić information content (AvgIpc) is 2.90. The zero-order valence-electron chi connectivity index (χ0n) is 10.9. The largest absolute Gasteiger partial charge is 0.481 e. The van der Waals surface area contributed by atoms with Crippen molar-refractivity contribution in [3.8, 4) is 5.75 Å². The Labute approximate surface area is 109 Å². The molecule has 0 saturated heterocycles. The van der Waals surface area contributed by atoms with Crippen molar-refractivity contribution in [1.82, 2.24) is 5.32 Å². The Morgan fingerprint density at radius 2 is 2.00 bits per heavy atom. The van der Waals surface area contributed by atoms with Crippen molar-refractivity contribution >= 4 is 5.91 Å². The van der Waals surface area contributed by atoms with Crippen molar-refractivity contribution in [2.45, 2.75) is 51.2 Å². The van der Waals surface area contributed by atoms with E-state index in [-0.39, 0.29) is 12.0 Å². The Balaban J connectivity index is 1.89. The van der Waals surface area contributed by atoms with E-state index < -0.39 is 0 Å². The molecule has 1 aromatic rings. The number of carbonyl (C=O) groups is 1. The summed E-state index contributed by atoms with van der Waals surface area (Å²) < 4.78 is 5.72. The zero-order chi connectivity index (χ0) is 12.8. The molecule has 18 heavy (non-hydrogen) atoms. The maximum absolute atomic E-state index is 12.1. The molecule has 0 aliphatic heterocycles. The number of hydrogen-bond donors (Lipinski definition) is 1. The van der Waals surface area contributed by atoms with Crippen LogP contribution in [0.2, 0.25) is 0 Å². The van der Waals surface area contributed by atoms with Crippen LogP contribution < -0.4 is 10.1 Å². The van der Waals surface area contributed by atoms with Crippen molar-refractivity contribution in [2.75, 3.05) is 0 Å². The van der Waals surface area contributed by atoms with Crippen LogP contribution in [0.15, 0.2) is 30.3 Å². The Morgan fingerprint density at radius 3 is 2.61 bits per heavy atom. The Bertz CT molecular complexity index is 371. The molecular weight excluding hydrogens is 226 g/mol. The van der Waals surface area contributed by atoms with E-state index in [1.54, 1.807) is 0 Å². The van der Waals surface area contributed by atoms with Gasteiger partial charge in [-0.05, 0) is 31.4 Å². The predicted octanol–water partition coefficient (Wildman–Crippen LogP) is 2.90. The first-order chi connectivity index (χ1) is 8.79. The highest BCUT2D eigenvalue weighted by molar-refractivity contribution is 5.81. The van der Waals surface area contributed by atoms with Crippen LogP contribution >= 0.6 is 0 Å². The van der Waals surface area contributed by atoms with E-state index in [9.17, 15) is 4.79 Å². The minimum absolute atomic E-state index is 0.0215. The van der Waals surface area contributed by atoms with Crippen LogP contribution in [0, 0.1) is 0 Å². The van der Waals surface area contributed by atoms with Crippen molar-refractivity contribution in [2.24, 2.45) is 0 Å². The number of carbonyl (C=O) groups excluding carboxylic acids is 1. The van der Waals surface area contributed by atoms with Gasteiger partial charge in [-0.3, -0.25) is 4.79 Å². The summed E-state index contributed by atoms with van der Waals surface area (Å²) in [4.78, 5) is 12.1. The highest BCUT2D eigenvalue weighted by Crippen LogP contribution is 2.18. The fraction of sp³-hybridized carbons (Fsp3) is 0.533. The second-order valence-corrected chi connectivity index (χ2v) is 4.82. The monoisotopic (exact) mass is 247 g/mol. The SMILES string of the molecule is CC[C@@H](Oc1ccccc1)C(=O)NC1CCCC1. The molecule has 2 rings (SSSR count). The molecule has 0 radical (unpaired) electrons. The van der Waals surface area contributed by atoms with Crippen LogP contribution in [0.25, 0.3) is 0 Å². The quantitative estimate of drug-likeness (QED) is 0.868. The van der Waals surface area contributed by atoms with E-state index in [2.05, 4.69) is 5.32 Å². The van der Waals surface area contributed by atoms with Crippen molar-refractivity contribution in [1.29, 1.82) is 0 Å². The minimum Gasteiger partial charge on any atom is -0.481 e. The van der Waals surface area contributed by atoms with Crippen LogP contribution in [0.4, 0.5) is 0 Å². The van der Waals surface area contributed by atoms with E-state index >= 15 is 0 Å². The van der Waals surface area contributed by atoms with Gasteiger partial charge in [0.15, 0.2) is 6.10 Å². The molecule has 1 amide bonds. The first-order valence-electron chi connectivity index (χ1n) is 6.81. The second kappa shape index (κ2) is 6.43. The van der Waals surface area contributed by atoms with Gasteiger partial charge in [0.1, 0.15) is 5.75 Å². The number of para-hydroxylation sites is 1. The summed E-state index contributed by atoms with van der Waals surface area (Å²) in [6, 6.07) is 9.88. The Kier molecular flexibility index (Phi) is 4.62. The predicted molar refractivity (Wildman–Crippen MR) is 71.5 cm³/mol. The molecule has 3 nitrogen and oxygen atoms in total. The van der Waals surface area contributed by atoms with Crippen LogP contribution in [-0.2, 0) is 4.79 Å². The summed E-state index contributed by atoms with van der Waals surface area (Å²) in [6.07, 6.45) is 4.96. The molecule has 3 heteroatoms. The van der Waals surface area contributed by atoms with E-state index in [4.69, 9.17) is 4.74 Å². The number of amides is 1. The fourth-order valence-electron chi connectivity index (χ4n) is 2.35. The fourth-order valence-corrected chi connectivity index (χ4v) is 2.35. The topological polar surface area (TPSA) is 38.3 Å². The van der Waals surface area contributed by atoms with Gasteiger partial charge in [-0.2, -0.15) is 0 Å². The maximum Gasteiger partial charge on any atom is 0.261 e. The summed E-state index contributed by atoms with van der Waals surface area (Å²) >= 11 is 0. The summed E-state index contributed by atoms with van der Waals surface area (Å²) in [6.45, 7) is 1.97. The molecule has 0 aromatic heterocycles. The van der Waals surface area contributed by atoms with Crippen molar-refractivity contribution in [3.63, 3.8) is 0 Å². The van der Waals surface area contributed by atoms with Gasteiger partial charge in [-0.25, -0.2) is 0 Å². The van der Waals surface area contributed by atoms with E-state index in [0.29, 0.717) is 12.5 Å². The van der Waals surface area contributed by atoms with E-state index in [0.717, 1.165) is 18.6 Å². The highest BCUT2D eigenvalue weighted by Gasteiger charge is 2.23. The highest BCUT2D eigenvalue weighted by atomic mass is 16.5. The molecule has 0 unspecified atom stereocenters. The second-order valence-electron chi connectivity index (χ2n) is 4.82. The smallest absolute Gasteiger partial charge is 0.261 e. The lowest BCUT2D eigenvalue weighted by Gasteiger charge is -2.20. The molecule has 1 N–H and O–H groups in total. The molecule has 0 bridgehead atoms. The number of benzene rings is 1. The average molecular weight is 247 g/mol. The first-order valence-corrected chi connectivity index (χ1v) is 6.81. The first kappa shape index (κ1) is 12.9. The van der Waals surface area contributed by atoms with Gasteiger partial charge in [-0.1, -0.05) is 38.0 Å². The third-order valence-corrected chi connectivity index (χ3v) is 3.39. The molecule has 1 saturated carbocycles. The molecule has 1 aliphatic carbocycles. The zero-order valence-corrected chi connectivity index (χ0v) is 10.9. The molecule has 1 fully saturated rings. The van der Waals surface area contributed by atoms with Crippen LogP contribution in [0.3, 0.4) is 0 Å². The van der Waals surface area contributed by atoms with Gasteiger partial charge in [0, 0.05) is 6.04 Å². The molecule has 1 aromatic carbocycles. The maximum atomic E-state index is 12.1. The molecule has 0 heterocycles.